The second-order valence-corrected chi connectivity index (χ2v) is 11.7. The molecule has 2 heterocycles. The number of sulfonamides is 1. The van der Waals surface area contributed by atoms with Crippen LogP contribution in [-0.2, 0) is 32.6 Å². The molecular formula is C28H35N3O6S. The van der Waals surface area contributed by atoms with Gasteiger partial charge in [-0.05, 0) is 75.1 Å². The molecule has 0 radical (unpaired) electrons. The summed E-state index contributed by atoms with van der Waals surface area (Å²) in [6, 6.07) is 12.2. The third kappa shape index (κ3) is 6.02. The minimum atomic E-state index is -3.67. The van der Waals surface area contributed by atoms with Gasteiger partial charge in [-0.3, -0.25) is 9.59 Å². The average molecular weight is 542 g/mol. The normalized spacial score (nSPS) is 14.2. The van der Waals surface area contributed by atoms with E-state index in [0.29, 0.717) is 44.6 Å². The largest absolute Gasteiger partial charge is 0.491 e. The van der Waals surface area contributed by atoms with Gasteiger partial charge in [0.2, 0.25) is 15.9 Å². The number of carbonyl (C=O) groups excluding carboxylic acids is 1. The molecule has 1 aliphatic heterocycles. The monoisotopic (exact) mass is 541 g/mol. The first-order valence-corrected chi connectivity index (χ1v) is 14.4. The first-order valence-electron chi connectivity index (χ1n) is 13.0. The SMILES string of the molecule is CCN(CCCc1cn(CC(=O)O)c2cc(N3CCCC3=O)ccc12)S(=O)(=O)c1ccc(OC(C)C)cc1. The van der Waals surface area contributed by atoms with E-state index in [2.05, 4.69) is 0 Å². The van der Waals surface area contributed by atoms with E-state index in [9.17, 15) is 23.1 Å². The van der Waals surface area contributed by atoms with E-state index in [0.717, 1.165) is 28.6 Å². The molecule has 0 atom stereocenters. The van der Waals surface area contributed by atoms with Gasteiger partial charge < -0.3 is 19.3 Å². The number of fused-ring (bicyclic) bond motifs is 1. The summed E-state index contributed by atoms with van der Waals surface area (Å²) >= 11 is 0. The summed E-state index contributed by atoms with van der Waals surface area (Å²) in [5.41, 5.74) is 2.47. The number of carboxylic acid groups (broad SMARTS) is 1. The van der Waals surface area contributed by atoms with Crippen molar-refractivity contribution in [1.29, 1.82) is 0 Å². The highest BCUT2D eigenvalue weighted by Gasteiger charge is 2.24. The van der Waals surface area contributed by atoms with Crippen molar-refractivity contribution in [1.82, 2.24) is 8.87 Å². The van der Waals surface area contributed by atoms with Crippen molar-refractivity contribution in [2.45, 2.75) is 64.0 Å². The Morgan fingerprint density at radius 1 is 1.16 bits per heavy atom. The zero-order chi connectivity index (χ0) is 27.4. The fourth-order valence-corrected chi connectivity index (χ4v) is 6.41. The molecule has 0 bridgehead atoms. The van der Waals surface area contributed by atoms with E-state index in [4.69, 9.17) is 4.74 Å². The van der Waals surface area contributed by atoms with E-state index in [-0.39, 0.29) is 23.5 Å². The van der Waals surface area contributed by atoms with Crippen LogP contribution in [0.2, 0.25) is 0 Å². The number of aromatic nitrogens is 1. The molecule has 1 fully saturated rings. The number of aliphatic carboxylic acids is 1. The van der Waals surface area contributed by atoms with E-state index in [1.165, 1.54) is 4.31 Å². The van der Waals surface area contributed by atoms with Crippen molar-refractivity contribution in [2.75, 3.05) is 24.5 Å². The third-order valence-corrected chi connectivity index (χ3v) is 8.67. The van der Waals surface area contributed by atoms with Crippen LogP contribution in [0.25, 0.3) is 10.9 Å². The van der Waals surface area contributed by atoms with Crippen LogP contribution in [0.5, 0.6) is 5.75 Å². The number of anilines is 1. The lowest BCUT2D eigenvalue weighted by molar-refractivity contribution is -0.137. The smallest absolute Gasteiger partial charge is 0.323 e. The maximum absolute atomic E-state index is 13.3. The van der Waals surface area contributed by atoms with Gasteiger partial charge in [0.05, 0.1) is 16.5 Å². The molecule has 0 aliphatic carbocycles. The van der Waals surface area contributed by atoms with Gasteiger partial charge in [-0.1, -0.05) is 13.0 Å². The van der Waals surface area contributed by atoms with Crippen LogP contribution in [0.3, 0.4) is 0 Å². The summed E-state index contributed by atoms with van der Waals surface area (Å²) in [5, 5.41) is 10.3. The predicted molar refractivity (Wildman–Crippen MR) is 146 cm³/mol. The summed E-state index contributed by atoms with van der Waals surface area (Å²) in [7, 11) is -3.67. The van der Waals surface area contributed by atoms with E-state index in [1.54, 1.807) is 33.7 Å². The molecule has 9 nitrogen and oxygen atoms in total. The number of amides is 1. The minimum absolute atomic E-state index is 0.000316. The van der Waals surface area contributed by atoms with Gasteiger partial charge in [0.25, 0.3) is 0 Å². The maximum Gasteiger partial charge on any atom is 0.323 e. The number of rotatable bonds is 12. The Hall–Kier alpha value is -3.37. The molecule has 204 valence electrons. The predicted octanol–water partition coefficient (Wildman–Crippen LogP) is 4.28. The zero-order valence-corrected chi connectivity index (χ0v) is 22.9. The Morgan fingerprint density at radius 3 is 2.50 bits per heavy atom. The number of hydrogen-bond acceptors (Lipinski definition) is 5. The molecule has 0 saturated carbocycles. The number of carbonyl (C=O) groups is 2. The first-order chi connectivity index (χ1) is 18.1. The van der Waals surface area contributed by atoms with Crippen LogP contribution in [0.1, 0.15) is 45.6 Å². The Kier molecular flexibility index (Phi) is 8.42. The van der Waals surface area contributed by atoms with Gasteiger partial charge in [0, 0.05) is 43.3 Å². The number of benzene rings is 2. The summed E-state index contributed by atoms with van der Waals surface area (Å²) in [6.45, 7) is 6.76. The van der Waals surface area contributed by atoms with Crippen molar-refractivity contribution in [3.05, 3.63) is 54.2 Å². The quantitative estimate of drug-likeness (QED) is 0.367. The molecular weight excluding hydrogens is 506 g/mol. The molecule has 4 rings (SSSR count). The van der Waals surface area contributed by atoms with Crippen LogP contribution in [-0.4, -0.2) is 60.0 Å². The number of nitrogens with zero attached hydrogens (tertiary/aromatic N) is 3. The molecule has 3 aromatic rings. The zero-order valence-electron chi connectivity index (χ0n) is 22.1. The third-order valence-electron chi connectivity index (χ3n) is 6.68. The number of carboxylic acids is 1. The lowest BCUT2D eigenvalue weighted by Gasteiger charge is -2.21. The standard InChI is InChI=1S/C28H35N3O6S/c1-4-30(38(35,36)24-12-10-23(11-13-24)37-20(2)3)15-5-7-21-18-29(19-28(33)34)26-17-22(9-14-25(21)26)31-16-6-8-27(31)32/h9-14,17-18,20H,4-8,15-16,19H2,1-3H3,(H,33,34). The van der Waals surface area contributed by atoms with Crippen molar-refractivity contribution < 1.29 is 27.9 Å². The van der Waals surface area contributed by atoms with Crippen molar-refractivity contribution >= 4 is 38.5 Å². The molecule has 10 heteroatoms. The Bertz CT molecular complexity index is 1410. The van der Waals surface area contributed by atoms with E-state index >= 15 is 0 Å². The molecule has 0 spiro atoms. The highest BCUT2D eigenvalue weighted by atomic mass is 32.2. The van der Waals surface area contributed by atoms with Crippen LogP contribution in [0, 0.1) is 0 Å². The second-order valence-electron chi connectivity index (χ2n) is 9.76. The van der Waals surface area contributed by atoms with Crippen molar-refractivity contribution in [3.63, 3.8) is 0 Å². The Balaban J connectivity index is 1.50. The number of aryl methyl sites for hydroxylation is 1. The van der Waals surface area contributed by atoms with Crippen molar-refractivity contribution in [2.24, 2.45) is 0 Å². The highest BCUT2D eigenvalue weighted by molar-refractivity contribution is 7.89. The summed E-state index contributed by atoms with van der Waals surface area (Å²) < 4.78 is 35.3. The molecule has 2 aromatic carbocycles. The van der Waals surface area contributed by atoms with Gasteiger partial charge >= 0.3 is 5.97 Å². The van der Waals surface area contributed by atoms with Crippen LogP contribution >= 0.6 is 0 Å². The first kappa shape index (κ1) is 27.7. The summed E-state index contributed by atoms with van der Waals surface area (Å²) in [4.78, 5) is 25.7. The Labute approximate surface area is 223 Å². The van der Waals surface area contributed by atoms with Crippen LogP contribution < -0.4 is 9.64 Å². The number of ether oxygens (including phenoxy) is 1. The van der Waals surface area contributed by atoms with Gasteiger partial charge in [-0.2, -0.15) is 4.31 Å². The maximum atomic E-state index is 13.3. The fraction of sp³-hybridized carbons (Fsp3) is 0.429. The van der Waals surface area contributed by atoms with Gasteiger partial charge in [-0.15, -0.1) is 0 Å². The fourth-order valence-electron chi connectivity index (χ4n) is 4.93. The summed E-state index contributed by atoms with van der Waals surface area (Å²) in [6.07, 6.45) is 4.31. The van der Waals surface area contributed by atoms with Gasteiger partial charge in [0.1, 0.15) is 12.3 Å². The molecule has 1 aliphatic rings. The highest BCUT2D eigenvalue weighted by Crippen LogP contribution is 2.30. The molecule has 1 amide bonds. The number of hydrogen-bond donors (Lipinski definition) is 1. The average Bonchev–Trinajstić information content (AvgIpc) is 3.44. The van der Waals surface area contributed by atoms with Gasteiger partial charge in [0.15, 0.2) is 0 Å². The molecule has 1 N–H and O–H groups in total. The topological polar surface area (TPSA) is 109 Å². The molecule has 1 aromatic heterocycles. The van der Waals surface area contributed by atoms with E-state index in [1.807, 2.05) is 45.2 Å². The van der Waals surface area contributed by atoms with E-state index < -0.39 is 16.0 Å². The molecule has 38 heavy (non-hydrogen) atoms. The lowest BCUT2D eigenvalue weighted by atomic mass is 10.1. The van der Waals surface area contributed by atoms with Crippen molar-refractivity contribution in [3.8, 4) is 5.75 Å². The molecule has 0 unspecified atom stereocenters. The minimum Gasteiger partial charge on any atom is -0.491 e. The lowest BCUT2D eigenvalue weighted by Crippen LogP contribution is -2.32. The van der Waals surface area contributed by atoms with Gasteiger partial charge in [-0.25, -0.2) is 8.42 Å². The summed E-state index contributed by atoms with van der Waals surface area (Å²) in [5.74, 6) is -0.259. The van der Waals surface area contributed by atoms with Crippen LogP contribution in [0.15, 0.2) is 53.6 Å². The molecule has 1 saturated heterocycles. The second kappa shape index (κ2) is 11.6. The van der Waals surface area contributed by atoms with Crippen LogP contribution in [0.4, 0.5) is 5.69 Å². The Morgan fingerprint density at radius 2 is 1.89 bits per heavy atom.